The topological polar surface area (TPSA) is 43.7 Å². The molecule has 68 valence electrons. The van der Waals surface area contributed by atoms with Crippen molar-refractivity contribution in [1.29, 1.82) is 0 Å². The highest BCUT2D eigenvalue weighted by molar-refractivity contribution is 4.85. The Morgan fingerprint density at radius 2 is 1.64 bits per heavy atom. The van der Waals surface area contributed by atoms with Crippen LogP contribution in [0.25, 0.3) is 0 Å². The van der Waals surface area contributed by atoms with Gasteiger partial charge in [0, 0.05) is 0 Å². The zero-order chi connectivity index (χ0) is 8.91. The number of nitrogens with zero attached hydrogens (tertiary/aromatic N) is 1. The lowest BCUT2D eigenvalue weighted by Crippen LogP contribution is -2.50. The van der Waals surface area contributed by atoms with Gasteiger partial charge in [-0.2, -0.15) is 0 Å². The molecule has 3 heteroatoms. The maximum absolute atomic E-state index is 9.08. The van der Waals surface area contributed by atoms with Crippen molar-refractivity contribution < 1.29 is 10.2 Å². The van der Waals surface area contributed by atoms with E-state index in [1.54, 1.807) is 0 Å². The second-order valence-electron chi connectivity index (χ2n) is 3.18. The van der Waals surface area contributed by atoms with Crippen molar-refractivity contribution in [3.63, 3.8) is 0 Å². The first-order valence-corrected chi connectivity index (χ1v) is 4.02. The summed E-state index contributed by atoms with van der Waals surface area (Å²) in [5, 5.41) is 18.2. The van der Waals surface area contributed by atoms with E-state index >= 15 is 0 Å². The lowest BCUT2D eigenvalue weighted by atomic mass is 9.94. The largest absolute Gasteiger partial charge is 0.394 e. The van der Waals surface area contributed by atoms with E-state index in [4.69, 9.17) is 10.2 Å². The third-order valence-electron chi connectivity index (χ3n) is 2.25. The van der Waals surface area contributed by atoms with Crippen LogP contribution in [0.2, 0.25) is 0 Å². The number of aliphatic hydroxyl groups excluding tert-OH is 2. The molecule has 0 radical (unpaired) electrons. The first-order valence-electron chi connectivity index (χ1n) is 4.02. The van der Waals surface area contributed by atoms with Gasteiger partial charge in [-0.25, -0.2) is 0 Å². The van der Waals surface area contributed by atoms with Gasteiger partial charge in [0.25, 0.3) is 0 Å². The second kappa shape index (κ2) is 4.70. The summed E-state index contributed by atoms with van der Waals surface area (Å²) in [5.74, 6) is 0. The molecule has 0 saturated carbocycles. The fraction of sp³-hybridized carbons (Fsp3) is 1.00. The molecule has 2 N–H and O–H groups in total. The molecule has 0 spiro atoms. The Kier molecular flexibility index (Phi) is 4.65. The molecule has 0 amide bonds. The highest BCUT2D eigenvalue weighted by Gasteiger charge is 2.29. The van der Waals surface area contributed by atoms with Crippen LogP contribution in [0.1, 0.15) is 19.8 Å². The summed E-state index contributed by atoms with van der Waals surface area (Å²) in [6, 6.07) is 0. The second-order valence-corrected chi connectivity index (χ2v) is 3.18. The molecular weight excluding hydrogens is 142 g/mol. The standard InChI is InChI=1S/C8H19NO2/c1-4-5-8(6-10,7-11)9(2)3/h10-11H,4-7H2,1-3H3. The van der Waals surface area contributed by atoms with Gasteiger partial charge in [0.2, 0.25) is 0 Å². The normalized spacial score (nSPS) is 12.5. The Balaban J connectivity index is 4.20. The van der Waals surface area contributed by atoms with Crippen molar-refractivity contribution in [3.05, 3.63) is 0 Å². The lowest BCUT2D eigenvalue weighted by molar-refractivity contribution is 0.00994. The molecule has 0 heterocycles. The SMILES string of the molecule is CCCC(CO)(CO)N(C)C. The predicted octanol–water partition coefficient (Wildman–Crippen LogP) is 0.0715. The minimum absolute atomic E-state index is 0.0182. The Labute approximate surface area is 68.6 Å². The Morgan fingerprint density at radius 3 is 1.73 bits per heavy atom. The average molecular weight is 161 g/mol. The molecule has 0 saturated heterocycles. The van der Waals surface area contributed by atoms with Gasteiger partial charge in [-0.05, 0) is 20.5 Å². The molecule has 0 fully saturated rings. The van der Waals surface area contributed by atoms with Gasteiger partial charge in [0.05, 0.1) is 18.8 Å². The highest BCUT2D eigenvalue weighted by atomic mass is 16.3. The van der Waals surface area contributed by atoms with Crippen molar-refractivity contribution in [1.82, 2.24) is 4.90 Å². The number of hydrogen-bond acceptors (Lipinski definition) is 3. The number of likely N-dealkylation sites (N-methyl/N-ethyl adjacent to an activating group) is 1. The van der Waals surface area contributed by atoms with Crippen molar-refractivity contribution >= 4 is 0 Å². The van der Waals surface area contributed by atoms with Gasteiger partial charge in [-0.1, -0.05) is 13.3 Å². The number of rotatable bonds is 5. The molecule has 0 aliphatic rings. The first kappa shape index (κ1) is 10.9. The summed E-state index contributed by atoms with van der Waals surface area (Å²) in [7, 11) is 3.75. The van der Waals surface area contributed by atoms with E-state index in [1.807, 2.05) is 25.9 Å². The minimum Gasteiger partial charge on any atom is -0.394 e. The van der Waals surface area contributed by atoms with Crippen LogP contribution in [0.5, 0.6) is 0 Å². The van der Waals surface area contributed by atoms with Crippen molar-refractivity contribution in [2.45, 2.75) is 25.3 Å². The molecule has 0 aromatic heterocycles. The maximum atomic E-state index is 9.08. The summed E-state index contributed by atoms with van der Waals surface area (Å²) < 4.78 is 0. The van der Waals surface area contributed by atoms with Crippen LogP contribution < -0.4 is 0 Å². The lowest BCUT2D eigenvalue weighted by Gasteiger charge is -2.36. The van der Waals surface area contributed by atoms with Crippen LogP contribution >= 0.6 is 0 Å². The third-order valence-corrected chi connectivity index (χ3v) is 2.25. The quantitative estimate of drug-likeness (QED) is 0.600. The summed E-state index contributed by atoms with van der Waals surface area (Å²) >= 11 is 0. The molecule has 0 rings (SSSR count). The van der Waals surface area contributed by atoms with Gasteiger partial charge in [0.15, 0.2) is 0 Å². The fourth-order valence-electron chi connectivity index (χ4n) is 1.18. The van der Waals surface area contributed by atoms with Crippen LogP contribution in [-0.2, 0) is 0 Å². The molecule has 0 bridgehead atoms. The monoisotopic (exact) mass is 161 g/mol. The smallest absolute Gasteiger partial charge is 0.0668 e. The third kappa shape index (κ3) is 2.43. The minimum atomic E-state index is -0.422. The van der Waals surface area contributed by atoms with Gasteiger partial charge in [0.1, 0.15) is 0 Å². The van der Waals surface area contributed by atoms with Gasteiger partial charge in [-0.15, -0.1) is 0 Å². The molecule has 0 aromatic carbocycles. The average Bonchev–Trinajstić information content (AvgIpc) is 2.00. The zero-order valence-electron chi connectivity index (χ0n) is 7.67. The van der Waals surface area contributed by atoms with E-state index in [-0.39, 0.29) is 13.2 Å². The summed E-state index contributed by atoms with van der Waals surface area (Å²) in [4.78, 5) is 1.89. The van der Waals surface area contributed by atoms with E-state index in [0.717, 1.165) is 12.8 Å². The molecule has 3 nitrogen and oxygen atoms in total. The van der Waals surface area contributed by atoms with E-state index in [2.05, 4.69) is 0 Å². The molecule has 0 aliphatic heterocycles. The number of aliphatic hydroxyl groups is 2. The van der Waals surface area contributed by atoms with E-state index in [1.165, 1.54) is 0 Å². The van der Waals surface area contributed by atoms with E-state index in [0.29, 0.717) is 0 Å². The van der Waals surface area contributed by atoms with Crippen LogP contribution in [0.4, 0.5) is 0 Å². The van der Waals surface area contributed by atoms with Crippen LogP contribution in [-0.4, -0.2) is 48.0 Å². The van der Waals surface area contributed by atoms with Crippen LogP contribution in [0, 0.1) is 0 Å². The van der Waals surface area contributed by atoms with Crippen molar-refractivity contribution in [3.8, 4) is 0 Å². The van der Waals surface area contributed by atoms with Crippen LogP contribution in [0.3, 0.4) is 0 Å². The molecule has 0 aliphatic carbocycles. The molecular formula is C8H19NO2. The molecule has 11 heavy (non-hydrogen) atoms. The predicted molar refractivity (Wildman–Crippen MR) is 45.5 cm³/mol. The first-order chi connectivity index (χ1) is 5.13. The summed E-state index contributed by atoms with van der Waals surface area (Å²) in [6.07, 6.45) is 1.80. The Hall–Kier alpha value is -0.120. The van der Waals surface area contributed by atoms with E-state index < -0.39 is 5.54 Å². The van der Waals surface area contributed by atoms with E-state index in [9.17, 15) is 0 Å². The molecule has 0 aromatic rings. The Bertz CT molecular complexity index is 100. The van der Waals surface area contributed by atoms with Gasteiger partial charge in [-0.3, -0.25) is 4.90 Å². The molecule has 0 unspecified atom stereocenters. The molecule has 0 atom stereocenters. The number of hydrogen-bond donors (Lipinski definition) is 2. The fourth-order valence-corrected chi connectivity index (χ4v) is 1.18. The summed E-state index contributed by atoms with van der Waals surface area (Å²) in [6.45, 7) is 2.08. The maximum Gasteiger partial charge on any atom is 0.0668 e. The van der Waals surface area contributed by atoms with Gasteiger partial charge >= 0.3 is 0 Å². The Morgan fingerprint density at radius 1 is 1.18 bits per heavy atom. The highest BCUT2D eigenvalue weighted by Crippen LogP contribution is 2.17. The zero-order valence-corrected chi connectivity index (χ0v) is 7.67. The van der Waals surface area contributed by atoms with Gasteiger partial charge < -0.3 is 10.2 Å². The van der Waals surface area contributed by atoms with Crippen LogP contribution in [0.15, 0.2) is 0 Å². The summed E-state index contributed by atoms with van der Waals surface area (Å²) in [5.41, 5.74) is -0.422. The van der Waals surface area contributed by atoms with Crippen molar-refractivity contribution in [2.75, 3.05) is 27.3 Å². The van der Waals surface area contributed by atoms with Crippen molar-refractivity contribution in [2.24, 2.45) is 0 Å².